The van der Waals surface area contributed by atoms with E-state index in [2.05, 4.69) is 25.1 Å². The first-order valence-corrected chi connectivity index (χ1v) is 9.84. The molecule has 1 aliphatic carbocycles. The maximum absolute atomic E-state index is 12.1. The number of methoxy groups -OCH3 is 2. The van der Waals surface area contributed by atoms with Crippen molar-refractivity contribution in [2.45, 2.75) is 24.9 Å². The Morgan fingerprint density at radius 3 is 2.11 bits per heavy atom. The maximum Gasteiger partial charge on any atom is 0.118 e. The van der Waals surface area contributed by atoms with Crippen LogP contribution in [0.3, 0.4) is 0 Å². The molecule has 2 aromatic rings. The molecule has 0 bridgehead atoms. The fourth-order valence-corrected chi connectivity index (χ4v) is 4.21. The third kappa shape index (κ3) is 4.23. The number of rotatable bonds is 6. The molecule has 0 spiro atoms. The molecule has 1 saturated carbocycles. The van der Waals surface area contributed by atoms with Gasteiger partial charge in [0.15, 0.2) is 0 Å². The lowest BCUT2D eigenvalue weighted by molar-refractivity contribution is -0.0174. The summed E-state index contributed by atoms with van der Waals surface area (Å²) in [6.07, 6.45) is 5.11. The third-order valence-corrected chi connectivity index (χ3v) is 5.65. The van der Waals surface area contributed by atoms with E-state index in [1.807, 2.05) is 48.5 Å². The summed E-state index contributed by atoms with van der Waals surface area (Å²) in [4.78, 5) is 2.16. The SMILES string of the molecule is COc1ccc(/C=C2\CCCC(CN(C)C)C2(O)c2ccc(OC)cc2)cc1. The molecule has 2 atom stereocenters. The number of benzene rings is 2. The van der Waals surface area contributed by atoms with Gasteiger partial charge in [0.05, 0.1) is 14.2 Å². The monoisotopic (exact) mass is 381 g/mol. The summed E-state index contributed by atoms with van der Waals surface area (Å²) in [7, 11) is 7.46. The molecule has 150 valence electrons. The molecule has 0 amide bonds. The molecular weight excluding hydrogens is 350 g/mol. The van der Waals surface area contributed by atoms with Gasteiger partial charge in [-0.15, -0.1) is 0 Å². The molecule has 0 radical (unpaired) electrons. The highest BCUT2D eigenvalue weighted by molar-refractivity contribution is 5.58. The maximum atomic E-state index is 12.1. The van der Waals surface area contributed by atoms with E-state index in [-0.39, 0.29) is 5.92 Å². The van der Waals surface area contributed by atoms with Crippen molar-refractivity contribution < 1.29 is 14.6 Å². The minimum atomic E-state index is -0.991. The third-order valence-electron chi connectivity index (χ3n) is 5.65. The van der Waals surface area contributed by atoms with E-state index in [0.717, 1.165) is 54.0 Å². The summed E-state index contributed by atoms with van der Waals surface area (Å²) < 4.78 is 10.6. The van der Waals surface area contributed by atoms with Crippen LogP contribution in [0.25, 0.3) is 6.08 Å². The minimum absolute atomic E-state index is 0.133. The molecule has 4 heteroatoms. The van der Waals surface area contributed by atoms with E-state index in [4.69, 9.17) is 9.47 Å². The summed E-state index contributed by atoms with van der Waals surface area (Å²) in [5.41, 5.74) is 2.09. The van der Waals surface area contributed by atoms with Gasteiger partial charge in [0.25, 0.3) is 0 Å². The molecule has 0 aromatic heterocycles. The van der Waals surface area contributed by atoms with E-state index in [1.165, 1.54) is 0 Å². The Hall–Kier alpha value is -2.30. The predicted octanol–water partition coefficient (Wildman–Crippen LogP) is 4.34. The lowest BCUT2D eigenvalue weighted by Gasteiger charge is -2.44. The highest BCUT2D eigenvalue weighted by Crippen LogP contribution is 2.46. The first-order valence-electron chi connectivity index (χ1n) is 9.84. The smallest absolute Gasteiger partial charge is 0.118 e. The number of aliphatic hydroxyl groups is 1. The van der Waals surface area contributed by atoms with Gasteiger partial charge in [0.2, 0.25) is 0 Å². The Balaban J connectivity index is 2.04. The van der Waals surface area contributed by atoms with Crippen LogP contribution in [-0.4, -0.2) is 44.9 Å². The van der Waals surface area contributed by atoms with Gasteiger partial charge in [0, 0.05) is 12.5 Å². The van der Waals surface area contributed by atoms with E-state index in [1.54, 1.807) is 14.2 Å². The van der Waals surface area contributed by atoms with E-state index in [0.29, 0.717) is 0 Å². The zero-order valence-electron chi connectivity index (χ0n) is 17.3. The van der Waals surface area contributed by atoms with Crippen molar-refractivity contribution in [1.82, 2.24) is 4.90 Å². The van der Waals surface area contributed by atoms with Crippen molar-refractivity contribution in [3.05, 3.63) is 65.2 Å². The molecule has 3 rings (SSSR count). The molecule has 0 aliphatic heterocycles. The van der Waals surface area contributed by atoms with Gasteiger partial charge in [-0.3, -0.25) is 0 Å². The summed E-state index contributed by atoms with van der Waals surface area (Å²) >= 11 is 0. The van der Waals surface area contributed by atoms with Crippen LogP contribution in [0.2, 0.25) is 0 Å². The fraction of sp³-hybridized carbons (Fsp3) is 0.417. The first-order chi connectivity index (χ1) is 13.5. The summed E-state index contributed by atoms with van der Waals surface area (Å²) in [5.74, 6) is 1.77. The van der Waals surface area contributed by atoms with Crippen LogP contribution in [0.15, 0.2) is 54.1 Å². The zero-order valence-corrected chi connectivity index (χ0v) is 17.3. The van der Waals surface area contributed by atoms with E-state index in [9.17, 15) is 5.11 Å². The normalized spacial score (nSPS) is 23.8. The van der Waals surface area contributed by atoms with Gasteiger partial charge < -0.3 is 19.5 Å². The highest BCUT2D eigenvalue weighted by atomic mass is 16.5. The van der Waals surface area contributed by atoms with Crippen molar-refractivity contribution in [1.29, 1.82) is 0 Å². The van der Waals surface area contributed by atoms with Crippen molar-refractivity contribution >= 4 is 6.08 Å². The van der Waals surface area contributed by atoms with Gasteiger partial charge in [-0.1, -0.05) is 30.3 Å². The van der Waals surface area contributed by atoms with Gasteiger partial charge in [-0.05, 0) is 74.3 Å². The van der Waals surface area contributed by atoms with Crippen LogP contribution < -0.4 is 9.47 Å². The Morgan fingerprint density at radius 2 is 1.57 bits per heavy atom. The summed E-state index contributed by atoms with van der Waals surface area (Å²) in [5, 5.41) is 12.1. The van der Waals surface area contributed by atoms with Crippen LogP contribution in [0.5, 0.6) is 11.5 Å². The van der Waals surface area contributed by atoms with Gasteiger partial charge in [-0.2, -0.15) is 0 Å². The Bertz CT molecular complexity index is 796. The molecular formula is C24H31NO3. The largest absolute Gasteiger partial charge is 0.497 e. The Morgan fingerprint density at radius 1 is 1.00 bits per heavy atom. The summed E-state index contributed by atoms with van der Waals surface area (Å²) in [6, 6.07) is 15.8. The number of nitrogens with zero attached hydrogens (tertiary/aromatic N) is 1. The molecule has 4 nitrogen and oxygen atoms in total. The lowest BCUT2D eigenvalue weighted by Crippen LogP contribution is -2.44. The number of hydrogen-bond donors (Lipinski definition) is 1. The molecule has 0 saturated heterocycles. The van der Waals surface area contributed by atoms with Crippen molar-refractivity contribution in [2.24, 2.45) is 5.92 Å². The molecule has 1 fully saturated rings. The van der Waals surface area contributed by atoms with Crippen molar-refractivity contribution in [3.8, 4) is 11.5 Å². The molecule has 1 aliphatic rings. The molecule has 2 unspecified atom stereocenters. The zero-order chi connectivity index (χ0) is 20.1. The second kappa shape index (κ2) is 8.80. The van der Waals surface area contributed by atoms with Crippen LogP contribution in [-0.2, 0) is 5.60 Å². The van der Waals surface area contributed by atoms with Crippen LogP contribution in [0.1, 0.15) is 30.4 Å². The van der Waals surface area contributed by atoms with Crippen LogP contribution in [0.4, 0.5) is 0 Å². The second-order valence-corrected chi connectivity index (χ2v) is 7.79. The Kier molecular flexibility index (Phi) is 6.42. The van der Waals surface area contributed by atoms with Crippen LogP contribution >= 0.6 is 0 Å². The highest BCUT2D eigenvalue weighted by Gasteiger charge is 2.44. The fourth-order valence-electron chi connectivity index (χ4n) is 4.21. The quantitative estimate of drug-likeness (QED) is 0.808. The summed E-state index contributed by atoms with van der Waals surface area (Å²) in [6.45, 7) is 0.836. The molecule has 1 N–H and O–H groups in total. The second-order valence-electron chi connectivity index (χ2n) is 7.79. The lowest BCUT2D eigenvalue weighted by atomic mass is 9.67. The molecule has 28 heavy (non-hydrogen) atoms. The van der Waals surface area contributed by atoms with Crippen molar-refractivity contribution in [3.63, 3.8) is 0 Å². The first kappa shape index (κ1) is 20.4. The van der Waals surface area contributed by atoms with Crippen molar-refractivity contribution in [2.75, 3.05) is 34.9 Å². The van der Waals surface area contributed by atoms with Gasteiger partial charge in [-0.25, -0.2) is 0 Å². The van der Waals surface area contributed by atoms with E-state index < -0.39 is 5.60 Å². The van der Waals surface area contributed by atoms with Gasteiger partial charge in [0.1, 0.15) is 17.1 Å². The predicted molar refractivity (Wildman–Crippen MR) is 114 cm³/mol. The standard InChI is InChI=1S/C24H31NO3/c1-25(2)17-21-7-5-6-20(16-18-8-12-22(27-3)13-9-18)24(21,26)19-10-14-23(28-4)15-11-19/h8-16,21,26H,5-7,17H2,1-4H3/b20-16+. The topological polar surface area (TPSA) is 41.9 Å². The minimum Gasteiger partial charge on any atom is -0.497 e. The van der Waals surface area contributed by atoms with Crippen LogP contribution in [0, 0.1) is 5.92 Å². The molecule has 2 aromatic carbocycles. The average molecular weight is 382 g/mol. The number of ether oxygens (including phenoxy) is 2. The van der Waals surface area contributed by atoms with Gasteiger partial charge >= 0.3 is 0 Å². The average Bonchev–Trinajstić information content (AvgIpc) is 2.71. The van der Waals surface area contributed by atoms with E-state index >= 15 is 0 Å². The molecule has 0 heterocycles. The Labute approximate surface area is 168 Å². The number of hydrogen-bond acceptors (Lipinski definition) is 4.